The molecule has 0 aromatic heterocycles. The minimum absolute atomic E-state index is 0.0110. The highest BCUT2D eigenvalue weighted by Crippen LogP contribution is 2.35. The molecule has 0 bridgehead atoms. The second-order valence-corrected chi connectivity index (χ2v) is 8.28. The van der Waals surface area contributed by atoms with Crippen LogP contribution in [-0.2, 0) is 14.3 Å². The van der Waals surface area contributed by atoms with Gasteiger partial charge in [0.15, 0.2) is 0 Å². The van der Waals surface area contributed by atoms with Gasteiger partial charge in [-0.3, -0.25) is 9.59 Å². The molecule has 1 heterocycles. The van der Waals surface area contributed by atoms with Crippen LogP contribution in [0.5, 0.6) is 5.75 Å². The van der Waals surface area contributed by atoms with E-state index in [-0.39, 0.29) is 30.1 Å². The molecular weight excluding hydrogens is 425 g/mol. The lowest BCUT2D eigenvalue weighted by molar-refractivity contribution is -0.142. The fraction of sp³-hybridized carbons (Fsp3) is 0.400. The Morgan fingerprint density at radius 1 is 1.12 bits per heavy atom. The van der Waals surface area contributed by atoms with Crippen molar-refractivity contribution in [3.05, 3.63) is 65.5 Å². The molecule has 1 saturated carbocycles. The van der Waals surface area contributed by atoms with Gasteiger partial charge < -0.3 is 14.4 Å². The number of hydrogen-bond acceptors (Lipinski definition) is 5. The molecule has 2 aliphatic rings. The van der Waals surface area contributed by atoms with Crippen molar-refractivity contribution in [2.75, 3.05) is 33.9 Å². The van der Waals surface area contributed by atoms with E-state index in [1.165, 1.54) is 11.1 Å². The second kappa shape index (κ2) is 10.1. The smallest absolute Gasteiger partial charge is 0.262 e. The van der Waals surface area contributed by atoms with Crippen molar-refractivity contribution in [1.29, 1.82) is 0 Å². The summed E-state index contributed by atoms with van der Waals surface area (Å²) >= 11 is 0. The predicted molar refractivity (Wildman–Crippen MR) is 121 cm³/mol. The van der Waals surface area contributed by atoms with Crippen molar-refractivity contribution in [1.82, 2.24) is 9.91 Å². The minimum Gasteiger partial charge on any atom is -0.497 e. The number of hydrazone groups is 1. The van der Waals surface area contributed by atoms with Gasteiger partial charge in [-0.25, -0.2) is 9.40 Å². The van der Waals surface area contributed by atoms with Crippen LogP contribution < -0.4 is 4.74 Å². The van der Waals surface area contributed by atoms with Gasteiger partial charge in [0.05, 0.1) is 25.5 Å². The van der Waals surface area contributed by atoms with Gasteiger partial charge in [0.1, 0.15) is 18.1 Å². The Morgan fingerprint density at radius 2 is 1.85 bits per heavy atom. The molecule has 0 N–H and O–H groups in total. The summed E-state index contributed by atoms with van der Waals surface area (Å²) in [6.45, 7) is 0.583. The third-order valence-corrected chi connectivity index (χ3v) is 5.98. The molecule has 0 spiro atoms. The van der Waals surface area contributed by atoms with Crippen molar-refractivity contribution in [2.24, 2.45) is 11.0 Å². The van der Waals surface area contributed by atoms with Gasteiger partial charge in [-0.15, -0.1) is 0 Å². The zero-order chi connectivity index (χ0) is 23.4. The molecule has 4 rings (SSSR count). The molecule has 33 heavy (non-hydrogen) atoms. The molecule has 174 valence electrons. The summed E-state index contributed by atoms with van der Waals surface area (Å²) in [7, 11) is 3.15. The van der Waals surface area contributed by atoms with E-state index in [0.29, 0.717) is 36.6 Å². The Labute approximate surface area is 192 Å². The number of halogens is 1. The van der Waals surface area contributed by atoms with Crippen LogP contribution >= 0.6 is 0 Å². The quantitative estimate of drug-likeness (QED) is 0.584. The lowest BCUT2D eigenvalue weighted by Crippen LogP contribution is -2.43. The van der Waals surface area contributed by atoms with Crippen LogP contribution in [0, 0.1) is 11.7 Å². The SMILES string of the molecule is COCCN(CC(=O)N1N=C(c2ccccc2F)CC1c1ccc(OC)cc1)C(=O)C1CC1. The maximum absolute atomic E-state index is 14.5. The van der Waals surface area contributed by atoms with Crippen LogP contribution in [0.4, 0.5) is 4.39 Å². The molecule has 0 radical (unpaired) electrons. The first-order valence-corrected chi connectivity index (χ1v) is 11.1. The van der Waals surface area contributed by atoms with Crippen LogP contribution in [0.3, 0.4) is 0 Å². The van der Waals surface area contributed by atoms with Gasteiger partial charge in [-0.1, -0.05) is 30.3 Å². The molecule has 1 aliphatic carbocycles. The molecular formula is C25H28FN3O4. The summed E-state index contributed by atoms with van der Waals surface area (Å²) < 4.78 is 24.9. The number of methoxy groups -OCH3 is 2. The van der Waals surface area contributed by atoms with Crippen LogP contribution in [0.2, 0.25) is 0 Å². The van der Waals surface area contributed by atoms with Gasteiger partial charge in [0.2, 0.25) is 5.91 Å². The summed E-state index contributed by atoms with van der Waals surface area (Å²) in [4.78, 5) is 27.7. The molecule has 2 aromatic rings. The summed E-state index contributed by atoms with van der Waals surface area (Å²) in [5.41, 5.74) is 1.73. The van der Waals surface area contributed by atoms with Crippen LogP contribution in [-0.4, -0.2) is 61.4 Å². The van der Waals surface area contributed by atoms with Gasteiger partial charge in [0.25, 0.3) is 5.91 Å². The van der Waals surface area contributed by atoms with Crippen LogP contribution in [0.1, 0.15) is 36.4 Å². The van der Waals surface area contributed by atoms with Crippen LogP contribution in [0.25, 0.3) is 0 Å². The molecule has 1 fully saturated rings. The molecule has 2 aromatic carbocycles. The third-order valence-electron chi connectivity index (χ3n) is 5.98. The maximum atomic E-state index is 14.5. The van der Waals surface area contributed by atoms with Gasteiger partial charge in [-0.05, 0) is 36.6 Å². The highest BCUT2D eigenvalue weighted by Gasteiger charge is 2.38. The Balaban J connectivity index is 1.61. The van der Waals surface area contributed by atoms with Crippen molar-refractivity contribution in [3.8, 4) is 5.75 Å². The number of carbonyl (C=O) groups excluding carboxylic acids is 2. The maximum Gasteiger partial charge on any atom is 0.262 e. The first kappa shape index (κ1) is 22.9. The van der Waals surface area contributed by atoms with E-state index in [0.717, 1.165) is 18.4 Å². The number of rotatable bonds is 9. The van der Waals surface area contributed by atoms with Crippen molar-refractivity contribution >= 4 is 17.5 Å². The fourth-order valence-electron chi connectivity index (χ4n) is 3.98. The lowest BCUT2D eigenvalue weighted by Gasteiger charge is -2.27. The monoisotopic (exact) mass is 453 g/mol. The second-order valence-electron chi connectivity index (χ2n) is 8.28. The van der Waals surface area contributed by atoms with E-state index in [4.69, 9.17) is 9.47 Å². The van der Waals surface area contributed by atoms with E-state index in [2.05, 4.69) is 5.10 Å². The van der Waals surface area contributed by atoms with E-state index in [9.17, 15) is 14.0 Å². The highest BCUT2D eigenvalue weighted by atomic mass is 19.1. The lowest BCUT2D eigenvalue weighted by atomic mass is 9.98. The number of hydrogen-bond donors (Lipinski definition) is 0. The van der Waals surface area contributed by atoms with Crippen LogP contribution in [0.15, 0.2) is 53.6 Å². The van der Waals surface area contributed by atoms with E-state index >= 15 is 0 Å². The molecule has 1 atom stereocenters. The number of ether oxygens (including phenoxy) is 2. The molecule has 2 amide bonds. The minimum atomic E-state index is -0.404. The Kier molecular flexibility index (Phi) is 7.03. The molecule has 1 aliphatic heterocycles. The van der Waals surface area contributed by atoms with Crippen molar-refractivity contribution in [3.63, 3.8) is 0 Å². The number of nitrogens with zero attached hydrogens (tertiary/aromatic N) is 3. The Bertz CT molecular complexity index is 1040. The van der Waals surface area contributed by atoms with E-state index < -0.39 is 6.04 Å². The first-order chi connectivity index (χ1) is 16.0. The van der Waals surface area contributed by atoms with E-state index in [1.807, 2.05) is 24.3 Å². The number of carbonyl (C=O) groups is 2. The Morgan fingerprint density at radius 3 is 2.48 bits per heavy atom. The van der Waals surface area contributed by atoms with E-state index in [1.54, 1.807) is 37.3 Å². The van der Waals surface area contributed by atoms with Crippen molar-refractivity contribution < 1.29 is 23.5 Å². The summed E-state index contributed by atoms with van der Waals surface area (Å²) in [5, 5.41) is 5.93. The largest absolute Gasteiger partial charge is 0.497 e. The molecule has 0 saturated heterocycles. The average molecular weight is 454 g/mol. The zero-order valence-electron chi connectivity index (χ0n) is 18.9. The highest BCUT2D eigenvalue weighted by molar-refractivity contribution is 6.03. The summed E-state index contributed by atoms with van der Waals surface area (Å²) in [5.74, 6) is -0.0374. The van der Waals surface area contributed by atoms with Gasteiger partial charge in [-0.2, -0.15) is 5.10 Å². The number of amides is 2. The predicted octanol–water partition coefficient (Wildman–Crippen LogP) is 3.40. The Hall–Kier alpha value is -3.26. The number of benzene rings is 2. The normalized spacial score (nSPS) is 17.6. The molecule has 8 heteroatoms. The first-order valence-electron chi connectivity index (χ1n) is 11.1. The summed E-state index contributed by atoms with van der Waals surface area (Å²) in [6, 6.07) is 13.4. The topological polar surface area (TPSA) is 71.4 Å². The van der Waals surface area contributed by atoms with Gasteiger partial charge >= 0.3 is 0 Å². The average Bonchev–Trinajstić information content (AvgIpc) is 3.60. The zero-order valence-corrected chi connectivity index (χ0v) is 18.9. The third kappa shape index (κ3) is 5.22. The molecule has 1 unspecified atom stereocenters. The summed E-state index contributed by atoms with van der Waals surface area (Å²) in [6.07, 6.45) is 2.07. The fourth-order valence-corrected chi connectivity index (χ4v) is 3.98. The van der Waals surface area contributed by atoms with Crippen molar-refractivity contribution in [2.45, 2.75) is 25.3 Å². The molecule has 7 nitrogen and oxygen atoms in total. The van der Waals surface area contributed by atoms with Gasteiger partial charge in [0, 0.05) is 31.6 Å². The standard InChI is InChI=1S/C25H28FN3O4/c1-32-14-13-28(25(31)18-7-8-18)16-24(30)29-23(17-9-11-19(33-2)12-10-17)15-22(27-29)20-5-3-4-6-21(20)26/h3-6,9-12,18,23H,7-8,13-16H2,1-2H3.